The monoisotopic (exact) mass is 174 g/mol. The first kappa shape index (κ1) is 8.99. The molecule has 0 amide bonds. The van der Waals surface area contributed by atoms with Crippen molar-refractivity contribution in [2.24, 2.45) is 0 Å². The molecule has 0 aromatic rings. The number of hydrogen-bond donors (Lipinski definition) is 2. The summed E-state index contributed by atoms with van der Waals surface area (Å²) in [6, 6.07) is 0. The Kier molecular flexibility index (Phi) is 2.65. The number of carbonyl (C=O) groups is 2. The number of aliphatic carboxylic acids is 2. The third-order valence-corrected chi connectivity index (χ3v) is 1.71. The molecule has 1 fully saturated rings. The maximum atomic E-state index is 10.2. The molecule has 1 aliphatic heterocycles. The number of ether oxygens (including phenoxy) is 1. The summed E-state index contributed by atoms with van der Waals surface area (Å²) in [6.07, 6.45) is 0.111. The average molecular weight is 174 g/mol. The zero-order valence-corrected chi connectivity index (χ0v) is 6.40. The second-order valence-corrected chi connectivity index (χ2v) is 2.72. The minimum Gasteiger partial charge on any atom is -0.481 e. The van der Waals surface area contributed by atoms with E-state index in [1.165, 1.54) is 0 Å². The SMILES string of the molecule is O=C(O)CCCC1OC1C(=O)O. The lowest BCUT2D eigenvalue weighted by molar-refractivity contribution is -0.138. The van der Waals surface area contributed by atoms with E-state index in [0.29, 0.717) is 12.8 Å². The molecule has 0 spiro atoms. The quantitative estimate of drug-likeness (QED) is 0.577. The second kappa shape index (κ2) is 3.53. The van der Waals surface area contributed by atoms with Crippen LogP contribution in [-0.2, 0) is 14.3 Å². The van der Waals surface area contributed by atoms with Crippen molar-refractivity contribution in [2.75, 3.05) is 0 Å². The van der Waals surface area contributed by atoms with Crippen molar-refractivity contribution in [2.45, 2.75) is 31.5 Å². The zero-order valence-electron chi connectivity index (χ0n) is 6.40. The molecular formula is C7H10O5. The Labute approximate surface area is 68.9 Å². The average Bonchev–Trinajstić information content (AvgIpc) is 2.66. The summed E-state index contributed by atoms with van der Waals surface area (Å²) in [4.78, 5) is 20.3. The number of epoxide rings is 1. The van der Waals surface area contributed by atoms with Gasteiger partial charge in [-0.05, 0) is 12.8 Å². The number of rotatable bonds is 5. The van der Waals surface area contributed by atoms with E-state index in [-0.39, 0.29) is 12.5 Å². The van der Waals surface area contributed by atoms with Gasteiger partial charge in [0.25, 0.3) is 0 Å². The van der Waals surface area contributed by atoms with Gasteiger partial charge >= 0.3 is 11.9 Å². The first-order valence-corrected chi connectivity index (χ1v) is 3.71. The van der Waals surface area contributed by atoms with Crippen LogP contribution in [0.4, 0.5) is 0 Å². The molecule has 1 heterocycles. The fourth-order valence-corrected chi connectivity index (χ4v) is 1.03. The van der Waals surface area contributed by atoms with Gasteiger partial charge in [0, 0.05) is 6.42 Å². The molecule has 5 heteroatoms. The minimum absolute atomic E-state index is 0.0756. The van der Waals surface area contributed by atoms with Crippen molar-refractivity contribution < 1.29 is 24.5 Å². The standard InChI is InChI=1S/C7H10O5/c8-5(9)3-1-2-4-6(12-4)7(10)11/h4,6H,1-3H2,(H,8,9)(H,10,11). The highest BCUT2D eigenvalue weighted by Crippen LogP contribution is 2.26. The Morgan fingerprint density at radius 3 is 2.42 bits per heavy atom. The molecule has 0 radical (unpaired) electrons. The van der Waals surface area contributed by atoms with E-state index in [0.717, 1.165) is 0 Å². The molecule has 1 saturated heterocycles. The fourth-order valence-electron chi connectivity index (χ4n) is 1.03. The van der Waals surface area contributed by atoms with Gasteiger partial charge in [0.15, 0.2) is 6.10 Å². The van der Waals surface area contributed by atoms with Crippen molar-refractivity contribution >= 4 is 11.9 Å². The molecule has 0 aliphatic carbocycles. The van der Waals surface area contributed by atoms with Gasteiger partial charge in [-0.1, -0.05) is 0 Å². The van der Waals surface area contributed by atoms with Crippen molar-refractivity contribution in [1.29, 1.82) is 0 Å². The third kappa shape index (κ3) is 2.50. The van der Waals surface area contributed by atoms with Crippen LogP contribution >= 0.6 is 0 Å². The molecule has 5 nitrogen and oxygen atoms in total. The lowest BCUT2D eigenvalue weighted by atomic mass is 10.1. The number of hydrogen-bond acceptors (Lipinski definition) is 3. The van der Waals surface area contributed by atoms with Crippen LogP contribution in [0.3, 0.4) is 0 Å². The topological polar surface area (TPSA) is 87.1 Å². The van der Waals surface area contributed by atoms with E-state index >= 15 is 0 Å². The number of carboxylic acid groups (broad SMARTS) is 2. The molecule has 2 atom stereocenters. The lowest BCUT2D eigenvalue weighted by Crippen LogP contribution is -2.08. The summed E-state index contributed by atoms with van der Waals surface area (Å²) in [5, 5.41) is 16.7. The normalized spacial score (nSPS) is 26.7. The predicted molar refractivity (Wildman–Crippen MR) is 37.8 cm³/mol. The van der Waals surface area contributed by atoms with Crippen LogP contribution in [0.1, 0.15) is 19.3 Å². The summed E-state index contributed by atoms with van der Waals surface area (Å²) in [7, 11) is 0. The Hall–Kier alpha value is -1.10. The summed E-state index contributed by atoms with van der Waals surface area (Å²) >= 11 is 0. The molecule has 0 aromatic heterocycles. The maximum Gasteiger partial charge on any atom is 0.335 e. The van der Waals surface area contributed by atoms with Crippen molar-refractivity contribution in [3.05, 3.63) is 0 Å². The molecule has 0 saturated carbocycles. The molecule has 2 unspecified atom stereocenters. The molecule has 0 bridgehead atoms. The Bertz CT molecular complexity index is 200. The largest absolute Gasteiger partial charge is 0.481 e. The predicted octanol–water partition coefficient (Wildman–Crippen LogP) is 0.0933. The Morgan fingerprint density at radius 2 is 2.00 bits per heavy atom. The van der Waals surface area contributed by atoms with Gasteiger partial charge < -0.3 is 14.9 Å². The molecule has 68 valence electrons. The van der Waals surface area contributed by atoms with Gasteiger partial charge in [-0.25, -0.2) is 4.79 Å². The smallest absolute Gasteiger partial charge is 0.335 e. The van der Waals surface area contributed by atoms with Crippen LogP contribution in [0.5, 0.6) is 0 Å². The highest BCUT2D eigenvalue weighted by atomic mass is 16.6. The van der Waals surface area contributed by atoms with E-state index in [2.05, 4.69) is 0 Å². The molecule has 2 N–H and O–H groups in total. The van der Waals surface area contributed by atoms with Gasteiger partial charge in [0.1, 0.15) is 0 Å². The zero-order chi connectivity index (χ0) is 9.14. The molecule has 1 rings (SSSR count). The lowest BCUT2D eigenvalue weighted by Gasteiger charge is -1.91. The molecule has 0 aromatic carbocycles. The van der Waals surface area contributed by atoms with E-state index < -0.39 is 18.0 Å². The van der Waals surface area contributed by atoms with Crippen LogP contribution in [0.2, 0.25) is 0 Å². The molecule has 12 heavy (non-hydrogen) atoms. The van der Waals surface area contributed by atoms with Crippen LogP contribution in [0.25, 0.3) is 0 Å². The van der Waals surface area contributed by atoms with Crippen LogP contribution in [-0.4, -0.2) is 34.4 Å². The van der Waals surface area contributed by atoms with Crippen molar-refractivity contribution in [3.8, 4) is 0 Å². The summed E-state index contributed by atoms with van der Waals surface area (Å²) in [6.45, 7) is 0. The summed E-state index contributed by atoms with van der Waals surface area (Å²) in [5.41, 5.74) is 0. The number of carboxylic acids is 2. The maximum absolute atomic E-state index is 10.2. The first-order valence-electron chi connectivity index (χ1n) is 3.71. The third-order valence-electron chi connectivity index (χ3n) is 1.71. The van der Waals surface area contributed by atoms with Crippen LogP contribution < -0.4 is 0 Å². The van der Waals surface area contributed by atoms with Crippen molar-refractivity contribution in [1.82, 2.24) is 0 Å². The second-order valence-electron chi connectivity index (χ2n) is 2.72. The highest BCUT2D eigenvalue weighted by molar-refractivity contribution is 5.75. The fraction of sp³-hybridized carbons (Fsp3) is 0.714. The van der Waals surface area contributed by atoms with E-state index in [4.69, 9.17) is 14.9 Å². The van der Waals surface area contributed by atoms with Gasteiger partial charge in [-0.15, -0.1) is 0 Å². The minimum atomic E-state index is -0.963. The van der Waals surface area contributed by atoms with Gasteiger partial charge in [0.2, 0.25) is 0 Å². The van der Waals surface area contributed by atoms with Crippen molar-refractivity contribution in [3.63, 3.8) is 0 Å². The van der Waals surface area contributed by atoms with E-state index in [1.807, 2.05) is 0 Å². The van der Waals surface area contributed by atoms with Gasteiger partial charge in [-0.2, -0.15) is 0 Å². The first-order chi connectivity index (χ1) is 5.61. The molecule has 1 aliphatic rings. The van der Waals surface area contributed by atoms with E-state index in [1.54, 1.807) is 0 Å². The van der Waals surface area contributed by atoms with Crippen LogP contribution in [0, 0.1) is 0 Å². The summed E-state index contributed by atoms with van der Waals surface area (Å²) < 4.78 is 4.77. The Balaban J connectivity index is 2.04. The van der Waals surface area contributed by atoms with Crippen LogP contribution in [0.15, 0.2) is 0 Å². The summed E-state index contributed by atoms with van der Waals surface area (Å²) in [5.74, 6) is -1.82. The van der Waals surface area contributed by atoms with Gasteiger partial charge in [0.05, 0.1) is 6.10 Å². The van der Waals surface area contributed by atoms with E-state index in [9.17, 15) is 9.59 Å². The molecular weight excluding hydrogens is 164 g/mol. The van der Waals surface area contributed by atoms with Gasteiger partial charge in [-0.3, -0.25) is 4.79 Å². The Morgan fingerprint density at radius 1 is 1.33 bits per heavy atom. The highest BCUT2D eigenvalue weighted by Gasteiger charge is 2.44.